The normalized spacial score (nSPS) is 19.8. The zero-order chi connectivity index (χ0) is 12.3. The van der Waals surface area contributed by atoms with E-state index in [9.17, 15) is 4.79 Å². The van der Waals surface area contributed by atoms with E-state index >= 15 is 0 Å². The maximum absolute atomic E-state index is 11.6. The van der Waals surface area contributed by atoms with Gasteiger partial charge in [-0.25, -0.2) is 0 Å². The Bertz CT molecular complexity index is 383. The molecule has 0 spiro atoms. The van der Waals surface area contributed by atoms with Crippen molar-refractivity contribution in [1.29, 1.82) is 0 Å². The van der Waals surface area contributed by atoms with Crippen molar-refractivity contribution in [3.8, 4) is 0 Å². The van der Waals surface area contributed by atoms with E-state index in [2.05, 4.69) is 15.5 Å². The first kappa shape index (κ1) is 12.0. The number of amides is 1. The molecule has 0 aliphatic carbocycles. The molecular formula is C11H17N3O3. The predicted molar refractivity (Wildman–Crippen MR) is 59.2 cm³/mol. The van der Waals surface area contributed by atoms with Crippen LogP contribution in [-0.2, 0) is 16.1 Å². The lowest BCUT2D eigenvalue weighted by atomic mass is 10.2. The fraction of sp³-hybridized carbons (Fsp3) is 0.727. The quantitative estimate of drug-likeness (QED) is 0.847. The molecule has 1 aromatic heterocycles. The van der Waals surface area contributed by atoms with Crippen LogP contribution in [0.25, 0.3) is 0 Å². The minimum Gasteiger partial charge on any atom is -0.423 e. The summed E-state index contributed by atoms with van der Waals surface area (Å²) in [5.41, 5.74) is 0. The molecule has 0 aromatic carbocycles. The Morgan fingerprint density at radius 2 is 2.35 bits per heavy atom. The molecule has 1 amide bonds. The predicted octanol–water partition coefficient (Wildman–Crippen LogP) is 0.988. The fourth-order valence-electron chi connectivity index (χ4n) is 1.63. The van der Waals surface area contributed by atoms with Gasteiger partial charge in [0, 0.05) is 12.5 Å². The summed E-state index contributed by atoms with van der Waals surface area (Å²) < 4.78 is 10.6. The third-order valence-corrected chi connectivity index (χ3v) is 2.61. The van der Waals surface area contributed by atoms with Crippen molar-refractivity contribution < 1.29 is 13.9 Å². The topological polar surface area (TPSA) is 77.2 Å². The van der Waals surface area contributed by atoms with E-state index in [4.69, 9.17) is 9.15 Å². The van der Waals surface area contributed by atoms with Gasteiger partial charge in [-0.2, -0.15) is 0 Å². The number of aromatic nitrogens is 2. The summed E-state index contributed by atoms with van der Waals surface area (Å²) in [5.74, 6) is 1.11. The van der Waals surface area contributed by atoms with Crippen LogP contribution in [0, 0.1) is 0 Å². The van der Waals surface area contributed by atoms with Crippen LogP contribution in [0.2, 0.25) is 0 Å². The van der Waals surface area contributed by atoms with Crippen LogP contribution in [0.4, 0.5) is 0 Å². The van der Waals surface area contributed by atoms with E-state index in [1.807, 2.05) is 13.8 Å². The lowest BCUT2D eigenvalue weighted by molar-refractivity contribution is -0.130. The highest BCUT2D eigenvalue weighted by atomic mass is 16.5. The second-order valence-electron chi connectivity index (χ2n) is 4.41. The summed E-state index contributed by atoms with van der Waals surface area (Å²) in [6, 6.07) is 0. The lowest BCUT2D eigenvalue weighted by Gasteiger charge is -2.08. The Morgan fingerprint density at radius 3 is 2.94 bits per heavy atom. The van der Waals surface area contributed by atoms with Crippen molar-refractivity contribution in [2.24, 2.45) is 0 Å². The smallest absolute Gasteiger partial charge is 0.249 e. The molecule has 2 rings (SSSR count). The number of carbonyl (C=O) groups excluding carboxylic acids is 1. The maximum atomic E-state index is 11.6. The van der Waals surface area contributed by atoms with Crippen molar-refractivity contribution in [2.75, 3.05) is 6.61 Å². The summed E-state index contributed by atoms with van der Waals surface area (Å²) >= 11 is 0. The van der Waals surface area contributed by atoms with E-state index in [1.54, 1.807) is 0 Å². The number of nitrogens with one attached hydrogen (secondary N) is 1. The third-order valence-electron chi connectivity index (χ3n) is 2.61. The molecule has 1 unspecified atom stereocenters. The molecule has 1 aromatic rings. The zero-order valence-electron chi connectivity index (χ0n) is 10.1. The maximum Gasteiger partial charge on any atom is 0.249 e. The van der Waals surface area contributed by atoms with Crippen LogP contribution < -0.4 is 5.32 Å². The summed E-state index contributed by atoms with van der Waals surface area (Å²) in [7, 11) is 0. The first-order valence-corrected chi connectivity index (χ1v) is 5.88. The molecule has 17 heavy (non-hydrogen) atoms. The molecule has 0 radical (unpaired) electrons. The van der Waals surface area contributed by atoms with Crippen LogP contribution in [-0.4, -0.2) is 28.8 Å². The van der Waals surface area contributed by atoms with Gasteiger partial charge in [0.25, 0.3) is 0 Å². The molecular weight excluding hydrogens is 222 g/mol. The van der Waals surface area contributed by atoms with Crippen molar-refractivity contribution >= 4 is 5.91 Å². The van der Waals surface area contributed by atoms with Crippen molar-refractivity contribution in [2.45, 2.75) is 45.3 Å². The molecule has 1 aliphatic heterocycles. The molecule has 1 atom stereocenters. The highest BCUT2D eigenvalue weighted by Gasteiger charge is 2.23. The zero-order valence-corrected chi connectivity index (χ0v) is 10.1. The molecule has 0 saturated carbocycles. The average molecular weight is 239 g/mol. The highest BCUT2D eigenvalue weighted by Crippen LogP contribution is 2.13. The second kappa shape index (κ2) is 5.27. The molecule has 0 bridgehead atoms. The minimum absolute atomic E-state index is 0.105. The number of hydrogen-bond donors (Lipinski definition) is 1. The van der Waals surface area contributed by atoms with Gasteiger partial charge in [-0.3, -0.25) is 4.79 Å². The van der Waals surface area contributed by atoms with Crippen LogP contribution in [0.15, 0.2) is 4.42 Å². The minimum atomic E-state index is -0.317. The van der Waals surface area contributed by atoms with Crippen LogP contribution in [0.5, 0.6) is 0 Å². The molecule has 1 fully saturated rings. The van der Waals surface area contributed by atoms with Crippen molar-refractivity contribution in [3.63, 3.8) is 0 Å². The van der Waals surface area contributed by atoms with Gasteiger partial charge >= 0.3 is 0 Å². The third kappa shape index (κ3) is 3.03. The van der Waals surface area contributed by atoms with Gasteiger partial charge in [0.2, 0.25) is 17.7 Å². The molecule has 1 N–H and O–H groups in total. The van der Waals surface area contributed by atoms with E-state index in [0.717, 1.165) is 12.8 Å². The van der Waals surface area contributed by atoms with E-state index < -0.39 is 0 Å². The van der Waals surface area contributed by atoms with Crippen molar-refractivity contribution in [1.82, 2.24) is 15.5 Å². The summed E-state index contributed by atoms with van der Waals surface area (Å²) in [6.07, 6.45) is 1.41. The first-order chi connectivity index (χ1) is 8.16. The van der Waals surface area contributed by atoms with Gasteiger partial charge in [-0.15, -0.1) is 10.2 Å². The molecule has 1 aliphatic rings. The van der Waals surface area contributed by atoms with Gasteiger partial charge in [0.15, 0.2) is 0 Å². The van der Waals surface area contributed by atoms with Gasteiger partial charge in [-0.05, 0) is 12.8 Å². The Morgan fingerprint density at radius 1 is 1.53 bits per heavy atom. The van der Waals surface area contributed by atoms with Crippen LogP contribution in [0.1, 0.15) is 44.4 Å². The Labute approximate surface area is 99.7 Å². The Hall–Kier alpha value is -1.43. The molecule has 1 saturated heterocycles. The Balaban J connectivity index is 1.82. The molecule has 6 heteroatoms. The average Bonchev–Trinajstić information content (AvgIpc) is 2.97. The lowest BCUT2D eigenvalue weighted by Crippen LogP contribution is -2.33. The standard InChI is InChI=1S/C11H17N3O3/c1-7(2)11-14-13-9(17-11)6-12-10(15)8-4-3-5-16-8/h7-8H,3-6H2,1-2H3,(H,12,15). The molecule has 94 valence electrons. The second-order valence-corrected chi connectivity index (χ2v) is 4.41. The number of ether oxygens (including phenoxy) is 1. The summed E-state index contributed by atoms with van der Waals surface area (Å²) in [5, 5.41) is 10.5. The van der Waals surface area contributed by atoms with Gasteiger partial charge in [-0.1, -0.05) is 13.8 Å². The van der Waals surface area contributed by atoms with Crippen LogP contribution in [0.3, 0.4) is 0 Å². The summed E-state index contributed by atoms with van der Waals surface area (Å²) in [4.78, 5) is 11.6. The largest absolute Gasteiger partial charge is 0.423 e. The number of carbonyl (C=O) groups is 1. The fourth-order valence-corrected chi connectivity index (χ4v) is 1.63. The van der Waals surface area contributed by atoms with E-state index in [-0.39, 0.29) is 24.5 Å². The molecule has 6 nitrogen and oxygen atoms in total. The monoisotopic (exact) mass is 239 g/mol. The first-order valence-electron chi connectivity index (χ1n) is 5.88. The van der Waals surface area contributed by atoms with Gasteiger partial charge < -0.3 is 14.5 Å². The molecule has 2 heterocycles. The van der Waals surface area contributed by atoms with E-state index in [0.29, 0.717) is 18.4 Å². The van der Waals surface area contributed by atoms with E-state index in [1.165, 1.54) is 0 Å². The highest BCUT2D eigenvalue weighted by molar-refractivity contribution is 5.80. The van der Waals surface area contributed by atoms with Crippen LogP contribution >= 0.6 is 0 Å². The van der Waals surface area contributed by atoms with Gasteiger partial charge in [0.05, 0.1) is 6.54 Å². The Kier molecular flexibility index (Phi) is 3.73. The van der Waals surface area contributed by atoms with Crippen molar-refractivity contribution in [3.05, 3.63) is 11.8 Å². The SMILES string of the molecule is CC(C)c1nnc(CNC(=O)C2CCCO2)o1. The number of nitrogens with zero attached hydrogens (tertiary/aromatic N) is 2. The number of rotatable bonds is 4. The van der Waals surface area contributed by atoms with Gasteiger partial charge in [0.1, 0.15) is 6.10 Å². The summed E-state index contributed by atoms with van der Waals surface area (Å²) in [6.45, 7) is 4.87. The number of hydrogen-bond acceptors (Lipinski definition) is 5.